The third kappa shape index (κ3) is 23.6. The molecule has 0 spiro atoms. The molecule has 4 unspecified atom stereocenters. The van der Waals surface area contributed by atoms with Crippen LogP contribution in [0.4, 0.5) is 0 Å². The molecule has 0 aliphatic rings. The van der Waals surface area contributed by atoms with E-state index in [9.17, 15) is 14.4 Å². The summed E-state index contributed by atoms with van der Waals surface area (Å²) in [6, 6.07) is 0. The molecule has 1 radical (unpaired) electrons. The monoisotopic (exact) mass is 785 g/mol. The first-order valence-corrected chi connectivity index (χ1v) is 30.9. The molecule has 0 heterocycles. The summed E-state index contributed by atoms with van der Waals surface area (Å²) in [5, 5.41) is -0.257. The maximum absolute atomic E-state index is 13.3. The van der Waals surface area contributed by atoms with Crippen LogP contribution >= 0.6 is 26.8 Å². The summed E-state index contributed by atoms with van der Waals surface area (Å²) in [6.45, 7) is 16.6. The molecule has 0 aliphatic heterocycles. The molecule has 259 valence electrons. The molecule has 0 amide bonds. The van der Waals surface area contributed by atoms with Gasteiger partial charge in [0.1, 0.15) is 0 Å². The zero-order valence-electron chi connectivity index (χ0n) is 29.1. The molecule has 0 aromatic rings. The molecule has 0 saturated heterocycles. The Kier molecular flexibility index (Phi) is 30.8. The van der Waals surface area contributed by atoms with Gasteiger partial charge >= 0.3 is 288 Å². The van der Waals surface area contributed by atoms with Crippen molar-refractivity contribution in [2.75, 3.05) is 31.3 Å². The van der Waals surface area contributed by atoms with E-state index in [0.29, 0.717) is 37.6 Å². The predicted octanol–water partition coefficient (Wildman–Crippen LogP) is 10.0. The number of ether oxygens (including phenoxy) is 3. The van der Waals surface area contributed by atoms with Gasteiger partial charge in [-0.1, -0.05) is 0 Å². The van der Waals surface area contributed by atoms with E-state index < -0.39 is 15.6 Å². The van der Waals surface area contributed by atoms with Crippen LogP contribution in [0.25, 0.3) is 0 Å². The van der Waals surface area contributed by atoms with Crippen molar-refractivity contribution in [1.29, 1.82) is 0 Å². The van der Waals surface area contributed by atoms with E-state index in [2.05, 4.69) is 48.5 Å². The van der Waals surface area contributed by atoms with Crippen LogP contribution in [-0.2, 0) is 28.6 Å². The Hall–Kier alpha value is 0.259. The van der Waals surface area contributed by atoms with Crippen LogP contribution in [0.1, 0.15) is 145 Å². The summed E-state index contributed by atoms with van der Waals surface area (Å²) in [4.78, 5) is 38.9. The normalized spacial score (nSPS) is 14.2. The Labute approximate surface area is 286 Å². The second-order valence-corrected chi connectivity index (χ2v) is 35.6. The second-order valence-electron chi connectivity index (χ2n) is 11.8. The molecule has 0 N–H and O–H groups in total. The second kappa shape index (κ2) is 30.6. The molecule has 10 heteroatoms. The molecule has 0 aliphatic carbocycles. The van der Waals surface area contributed by atoms with E-state index in [0.717, 1.165) is 96.3 Å². The van der Waals surface area contributed by atoms with Crippen LogP contribution in [0, 0.1) is 17.8 Å². The molecule has 6 nitrogen and oxygen atoms in total. The van der Waals surface area contributed by atoms with Crippen molar-refractivity contribution in [2.45, 2.75) is 150 Å². The van der Waals surface area contributed by atoms with Gasteiger partial charge in [-0.25, -0.2) is 0 Å². The van der Waals surface area contributed by atoms with Crippen LogP contribution in [-0.4, -0.2) is 70.1 Å². The van der Waals surface area contributed by atoms with E-state index in [-0.39, 0.29) is 34.7 Å². The number of rotatable bonds is 30. The molecular weight excluding hydrogens is 719 g/mol. The SMILES string of the molecule is CCCCOC(=O)C(CC(CC)CCCC)[S][Sn]([S]CC(=O)OCC(CC)CCCC)[S]CC(=O)OCC(CC)CCCC. The Morgan fingerprint density at radius 2 is 1.02 bits per heavy atom. The van der Waals surface area contributed by atoms with Crippen LogP contribution in [0.3, 0.4) is 0 Å². The van der Waals surface area contributed by atoms with Gasteiger partial charge in [0.15, 0.2) is 0 Å². The Morgan fingerprint density at radius 1 is 0.591 bits per heavy atom. The molecule has 0 rings (SSSR count). The van der Waals surface area contributed by atoms with Crippen LogP contribution in [0.5, 0.6) is 0 Å². The van der Waals surface area contributed by atoms with Gasteiger partial charge in [-0.2, -0.15) is 0 Å². The minimum atomic E-state index is -2.61. The molecule has 0 fully saturated rings. The molecular formula is C34H65O6S3Sn. The van der Waals surface area contributed by atoms with Gasteiger partial charge in [-0.05, 0) is 0 Å². The average molecular weight is 785 g/mol. The number of carbonyl (C=O) groups is 3. The summed E-state index contributed by atoms with van der Waals surface area (Å²) < 4.78 is 17.1. The molecule has 44 heavy (non-hydrogen) atoms. The van der Waals surface area contributed by atoms with E-state index in [1.807, 2.05) is 0 Å². The van der Waals surface area contributed by atoms with Crippen molar-refractivity contribution in [3.63, 3.8) is 0 Å². The third-order valence-electron chi connectivity index (χ3n) is 8.00. The number of carbonyl (C=O) groups excluding carboxylic acids is 3. The van der Waals surface area contributed by atoms with E-state index in [1.165, 1.54) is 0 Å². The Balaban J connectivity index is 5.52. The Morgan fingerprint density at radius 3 is 1.43 bits per heavy atom. The fourth-order valence-electron chi connectivity index (χ4n) is 4.65. The predicted molar refractivity (Wildman–Crippen MR) is 194 cm³/mol. The minimum absolute atomic E-state index is 0.133. The van der Waals surface area contributed by atoms with Gasteiger partial charge in [0.05, 0.1) is 0 Å². The third-order valence-corrected chi connectivity index (χ3v) is 34.0. The number of hydrogen-bond acceptors (Lipinski definition) is 9. The van der Waals surface area contributed by atoms with Crippen molar-refractivity contribution >= 4 is 60.4 Å². The summed E-state index contributed by atoms with van der Waals surface area (Å²) in [5.41, 5.74) is 0. The van der Waals surface area contributed by atoms with Gasteiger partial charge in [0, 0.05) is 0 Å². The topological polar surface area (TPSA) is 78.9 Å². The van der Waals surface area contributed by atoms with Gasteiger partial charge in [-0.15, -0.1) is 0 Å². The molecule has 4 atom stereocenters. The van der Waals surface area contributed by atoms with Gasteiger partial charge in [-0.3, -0.25) is 0 Å². The van der Waals surface area contributed by atoms with Gasteiger partial charge < -0.3 is 0 Å². The molecule has 0 aromatic carbocycles. The maximum atomic E-state index is 13.3. The first-order chi connectivity index (χ1) is 21.3. The summed E-state index contributed by atoms with van der Waals surface area (Å²) in [6.07, 6.45) is 15.8. The van der Waals surface area contributed by atoms with Gasteiger partial charge in [0.2, 0.25) is 0 Å². The van der Waals surface area contributed by atoms with Crippen LogP contribution in [0.2, 0.25) is 0 Å². The van der Waals surface area contributed by atoms with Crippen molar-refractivity contribution in [3.8, 4) is 0 Å². The van der Waals surface area contributed by atoms with E-state index >= 15 is 0 Å². The number of hydrogen-bond donors (Lipinski definition) is 0. The van der Waals surface area contributed by atoms with Crippen LogP contribution < -0.4 is 0 Å². The Bertz CT molecular complexity index is 693. The zero-order valence-corrected chi connectivity index (χ0v) is 34.4. The van der Waals surface area contributed by atoms with E-state index in [4.69, 9.17) is 14.2 Å². The van der Waals surface area contributed by atoms with Crippen molar-refractivity contribution in [2.24, 2.45) is 17.8 Å². The standard InChI is InChI=1S/C14H28O2S.2C10H20O2S.Sn/c1-4-7-9-12(6-3)11-13(17)14(15)16-10-8-5-2;2*1-3-5-6-9(4-2)7-12-10(11)8-13;/h12-13,17H,4-11H2,1-3H3;2*9,13H,3-8H2,1-2H3;/q;;;+3/p-3. The summed E-state index contributed by atoms with van der Waals surface area (Å²) in [5.74, 6) is 1.30. The summed E-state index contributed by atoms with van der Waals surface area (Å²) >= 11 is -2.61. The molecule has 0 saturated carbocycles. The first-order valence-electron chi connectivity index (χ1n) is 17.5. The van der Waals surface area contributed by atoms with Crippen molar-refractivity contribution in [1.82, 2.24) is 0 Å². The molecule has 0 bridgehead atoms. The van der Waals surface area contributed by atoms with E-state index in [1.54, 1.807) is 26.8 Å². The molecule has 0 aromatic heterocycles. The number of esters is 3. The van der Waals surface area contributed by atoms with Crippen LogP contribution in [0.15, 0.2) is 0 Å². The quantitative estimate of drug-likeness (QED) is 0.0306. The summed E-state index contributed by atoms with van der Waals surface area (Å²) in [7, 11) is 5.03. The van der Waals surface area contributed by atoms with Gasteiger partial charge in [0.25, 0.3) is 0 Å². The zero-order chi connectivity index (χ0) is 33.0. The average Bonchev–Trinajstić information content (AvgIpc) is 3.03. The fourth-order valence-corrected chi connectivity index (χ4v) is 29.7. The first kappa shape index (κ1) is 44.3. The fraction of sp³-hybridized carbons (Fsp3) is 0.912. The van der Waals surface area contributed by atoms with Crippen molar-refractivity contribution < 1.29 is 28.6 Å². The number of unbranched alkanes of at least 4 members (excludes halogenated alkanes) is 4. The van der Waals surface area contributed by atoms with Crippen molar-refractivity contribution in [3.05, 3.63) is 0 Å².